The molecular formula is C16H21N3OS. The molecule has 1 amide bonds. The van der Waals surface area contributed by atoms with Crippen LogP contribution >= 0.6 is 11.8 Å². The summed E-state index contributed by atoms with van der Waals surface area (Å²) in [7, 11) is 0. The number of carbonyl (C=O) groups is 1. The van der Waals surface area contributed by atoms with E-state index in [9.17, 15) is 4.79 Å². The van der Waals surface area contributed by atoms with E-state index < -0.39 is 0 Å². The highest BCUT2D eigenvalue weighted by atomic mass is 32.2. The Bertz CT molecular complexity index is 528. The van der Waals surface area contributed by atoms with Crippen molar-refractivity contribution in [3.05, 3.63) is 54.6 Å². The minimum Gasteiger partial charge on any atom is -0.347 e. The predicted octanol–water partition coefficient (Wildman–Crippen LogP) is 2.88. The number of nitrogens with zero attached hydrogens (tertiary/aromatic N) is 2. The Kier molecular flexibility index (Phi) is 6.34. The number of hydrogen-bond acceptors (Lipinski definition) is 3. The molecule has 0 aliphatic carbocycles. The standard InChI is InChI=1S/C16H21N3OS/c1-2-10-21-12-16(20)18-15(11-19-9-8-17-13-19)14-6-4-3-5-7-14/h3-9,13,15H,2,10-12H2,1H3,(H,18,20)/t15-/m1/s1. The lowest BCUT2D eigenvalue weighted by molar-refractivity contribution is -0.119. The Morgan fingerprint density at radius 2 is 2.19 bits per heavy atom. The summed E-state index contributed by atoms with van der Waals surface area (Å²) in [4.78, 5) is 16.1. The van der Waals surface area contributed by atoms with Gasteiger partial charge in [0.25, 0.3) is 0 Å². The fourth-order valence-corrected chi connectivity index (χ4v) is 2.77. The van der Waals surface area contributed by atoms with Gasteiger partial charge < -0.3 is 9.88 Å². The second-order valence-corrected chi connectivity index (χ2v) is 5.95. The molecule has 2 rings (SSSR count). The summed E-state index contributed by atoms with van der Waals surface area (Å²) in [5, 5.41) is 3.12. The summed E-state index contributed by atoms with van der Waals surface area (Å²) in [6.07, 6.45) is 6.53. The maximum absolute atomic E-state index is 12.1. The Morgan fingerprint density at radius 1 is 1.38 bits per heavy atom. The fourth-order valence-electron chi connectivity index (χ4n) is 2.07. The third kappa shape index (κ3) is 5.27. The highest BCUT2D eigenvalue weighted by molar-refractivity contribution is 7.99. The van der Waals surface area contributed by atoms with E-state index in [1.165, 1.54) is 0 Å². The summed E-state index contributed by atoms with van der Waals surface area (Å²) in [5.41, 5.74) is 1.11. The van der Waals surface area contributed by atoms with E-state index >= 15 is 0 Å². The van der Waals surface area contributed by atoms with E-state index in [0.717, 1.165) is 17.7 Å². The maximum Gasteiger partial charge on any atom is 0.230 e. The number of aromatic nitrogens is 2. The van der Waals surface area contributed by atoms with Crippen LogP contribution in [-0.4, -0.2) is 27.0 Å². The molecule has 1 heterocycles. The van der Waals surface area contributed by atoms with E-state index in [0.29, 0.717) is 12.3 Å². The van der Waals surface area contributed by atoms with Crippen LogP contribution < -0.4 is 5.32 Å². The van der Waals surface area contributed by atoms with Gasteiger partial charge in [-0.1, -0.05) is 37.3 Å². The van der Waals surface area contributed by atoms with Crippen LogP contribution in [0.5, 0.6) is 0 Å². The molecule has 21 heavy (non-hydrogen) atoms. The fraction of sp³-hybridized carbons (Fsp3) is 0.375. The van der Waals surface area contributed by atoms with E-state index in [4.69, 9.17) is 0 Å². The molecule has 5 heteroatoms. The molecule has 0 fully saturated rings. The van der Waals surface area contributed by atoms with Crippen molar-refractivity contribution in [3.63, 3.8) is 0 Å². The number of imidazole rings is 1. The molecule has 1 N–H and O–H groups in total. The summed E-state index contributed by atoms with van der Waals surface area (Å²) >= 11 is 1.68. The van der Waals surface area contributed by atoms with Gasteiger partial charge in [0.2, 0.25) is 5.91 Å². The highest BCUT2D eigenvalue weighted by Gasteiger charge is 2.14. The summed E-state index contributed by atoms with van der Waals surface area (Å²) in [6.45, 7) is 2.81. The summed E-state index contributed by atoms with van der Waals surface area (Å²) < 4.78 is 1.98. The van der Waals surface area contributed by atoms with Crippen LogP contribution in [0.4, 0.5) is 0 Å². The molecule has 0 saturated carbocycles. The number of thioether (sulfide) groups is 1. The molecule has 112 valence electrons. The number of rotatable bonds is 8. The van der Waals surface area contributed by atoms with Gasteiger partial charge in [0.1, 0.15) is 0 Å². The van der Waals surface area contributed by atoms with Crippen LogP contribution in [0.15, 0.2) is 49.1 Å². The van der Waals surface area contributed by atoms with Crippen LogP contribution in [0.3, 0.4) is 0 Å². The zero-order valence-electron chi connectivity index (χ0n) is 12.2. The molecule has 0 aliphatic rings. The van der Waals surface area contributed by atoms with Gasteiger partial charge in [-0.3, -0.25) is 4.79 Å². The van der Waals surface area contributed by atoms with Crippen molar-refractivity contribution in [2.75, 3.05) is 11.5 Å². The van der Waals surface area contributed by atoms with E-state index in [1.807, 2.05) is 41.1 Å². The molecule has 0 saturated heterocycles. The second-order valence-electron chi connectivity index (χ2n) is 4.84. The summed E-state index contributed by atoms with van der Waals surface area (Å²) in [6, 6.07) is 10.0. The molecule has 0 radical (unpaired) electrons. The largest absolute Gasteiger partial charge is 0.347 e. The van der Waals surface area contributed by atoms with E-state index in [1.54, 1.807) is 24.3 Å². The monoisotopic (exact) mass is 303 g/mol. The lowest BCUT2D eigenvalue weighted by Crippen LogP contribution is -2.32. The molecule has 1 atom stereocenters. The zero-order valence-corrected chi connectivity index (χ0v) is 13.1. The van der Waals surface area contributed by atoms with Crippen molar-refractivity contribution in [1.29, 1.82) is 0 Å². The van der Waals surface area contributed by atoms with Crippen molar-refractivity contribution in [1.82, 2.24) is 14.9 Å². The van der Waals surface area contributed by atoms with Crippen LogP contribution in [0, 0.1) is 0 Å². The molecule has 2 aromatic rings. The van der Waals surface area contributed by atoms with Gasteiger partial charge in [-0.2, -0.15) is 11.8 Å². The van der Waals surface area contributed by atoms with Crippen LogP contribution in [0.1, 0.15) is 24.9 Å². The SMILES string of the molecule is CCCSCC(=O)N[C@H](Cn1ccnc1)c1ccccc1. The first kappa shape index (κ1) is 15.6. The van der Waals surface area contributed by atoms with Crippen molar-refractivity contribution in [3.8, 4) is 0 Å². The van der Waals surface area contributed by atoms with Gasteiger partial charge in [0.05, 0.1) is 18.1 Å². The van der Waals surface area contributed by atoms with E-state index in [-0.39, 0.29) is 11.9 Å². The predicted molar refractivity (Wildman–Crippen MR) is 87.2 cm³/mol. The smallest absolute Gasteiger partial charge is 0.230 e. The topological polar surface area (TPSA) is 46.9 Å². The summed E-state index contributed by atoms with van der Waals surface area (Å²) in [5.74, 6) is 1.62. The van der Waals surface area contributed by atoms with Crippen LogP contribution in [0.25, 0.3) is 0 Å². The van der Waals surface area contributed by atoms with Crippen molar-refractivity contribution in [2.24, 2.45) is 0 Å². The molecule has 1 aromatic heterocycles. The van der Waals surface area contributed by atoms with Gasteiger partial charge in [0, 0.05) is 18.9 Å². The average Bonchev–Trinajstić information content (AvgIpc) is 3.01. The van der Waals surface area contributed by atoms with Crippen molar-refractivity contribution >= 4 is 17.7 Å². The minimum absolute atomic E-state index is 0.0323. The molecule has 0 unspecified atom stereocenters. The first-order valence-electron chi connectivity index (χ1n) is 7.17. The highest BCUT2D eigenvalue weighted by Crippen LogP contribution is 2.15. The molecule has 1 aromatic carbocycles. The Balaban J connectivity index is 2.00. The normalized spacial score (nSPS) is 12.0. The lowest BCUT2D eigenvalue weighted by Gasteiger charge is -2.19. The molecule has 0 bridgehead atoms. The Hall–Kier alpha value is -1.75. The third-order valence-electron chi connectivity index (χ3n) is 3.07. The Labute approximate surface area is 130 Å². The molecule has 0 spiro atoms. The number of amides is 1. The molecule has 4 nitrogen and oxygen atoms in total. The molecule has 0 aliphatic heterocycles. The van der Waals surface area contributed by atoms with Gasteiger partial charge in [-0.25, -0.2) is 4.98 Å². The third-order valence-corrected chi connectivity index (χ3v) is 4.23. The number of hydrogen-bond donors (Lipinski definition) is 1. The first-order chi connectivity index (χ1) is 10.3. The van der Waals surface area contributed by atoms with Crippen LogP contribution in [0.2, 0.25) is 0 Å². The van der Waals surface area contributed by atoms with Crippen molar-refractivity contribution in [2.45, 2.75) is 25.9 Å². The zero-order chi connectivity index (χ0) is 14.9. The number of benzene rings is 1. The second kappa shape index (κ2) is 8.52. The van der Waals surface area contributed by atoms with Crippen LogP contribution in [-0.2, 0) is 11.3 Å². The number of nitrogens with one attached hydrogen (secondary N) is 1. The minimum atomic E-state index is -0.0323. The van der Waals surface area contributed by atoms with Crippen molar-refractivity contribution < 1.29 is 4.79 Å². The van der Waals surface area contributed by atoms with Gasteiger partial charge in [0.15, 0.2) is 0 Å². The number of carbonyl (C=O) groups excluding carboxylic acids is 1. The van der Waals surface area contributed by atoms with Gasteiger partial charge in [-0.05, 0) is 17.7 Å². The van der Waals surface area contributed by atoms with Gasteiger partial charge in [-0.15, -0.1) is 0 Å². The maximum atomic E-state index is 12.1. The van der Waals surface area contributed by atoms with E-state index in [2.05, 4.69) is 17.2 Å². The average molecular weight is 303 g/mol. The quantitative estimate of drug-likeness (QED) is 0.763. The molecular weight excluding hydrogens is 282 g/mol. The first-order valence-corrected chi connectivity index (χ1v) is 8.33. The lowest BCUT2D eigenvalue weighted by atomic mass is 10.1. The van der Waals surface area contributed by atoms with Gasteiger partial charge >= 0.3 is 0 Å². The Morgan fingerprint density at radius 3 is 2.86 bits per heavy atom.